The van der Waals surface area contributed by atoms with Crippen molar-refractivity contribution in [2.75, 3.05) is 6.61 Å². The number of esters is 2. The van der Waals surface area contributed by atoms with Crippen molar-refractivity contribution in [2.24, 2.45) is 11.3 Å². The van der Waals surface area contributed by atoms with Crippen molar-refractivity contribution in [3.05, 3.63) is 35.9 Å². The molecule has 5 nitrogen and oxygen atoms in total. The topological polar surface area (TPSA) is 72.8 Å². The van der Waals surface area contributed by atoms with Crippen LogP contribution < -0.4 is 0 Å². The third-order valence-corrected chi connectivity index (χ3v) is 6.30. The summed E-state index contributed by atoms with van der Waals surface area (Å²) in [5.41, 5.74) is -1.48. The second-order valence-electron chi connectivity index (χ2n) is 7.69. The Labute approximate surface area is 147 Å². The standard InChI is InChI=1S/C20H24O5/c21-17(15-8-4-5-9-15)25-16-10-11-19(12-14-6-2-1-3-7-14)18(22)24-13-20(16,19)23/h1-3,6-7,15-16,23H,4-5,8-13H2/t16-,19-,20-/m1/s1. The number of benzene rings is 1. The van der Waals surface area contributed by atoms with Gasteiger partial charge in [0.25, 0.3) is 0 Å². The Hall–Kier alpha value is -1.88. The van der Waals surface area contributed by atoms with Crippen molar-refractivity contribution in [3.63, 3.8) is 0 Å². The van der Waals surface area contributed by atoms with E-state index < -0.39 is 17.1 Å². The van der Waals surface area contributed by atoms with Gasteiger partial charge in [-0.15, -0.1) is 0 Å². The monoisotopic (exact) mass is 344 g/mol. The molecule has 1 N–H and O–H groups in total. The van der Waals surface area contributed by atoms with E-state index in [9.17, 15) is 14.7 Å². The van der Waals surface area contributed by atoms with Crippen LogP contribution in [0.1, 0.15) is 44.1 Å². The van der Waals surface area contributed by atoms with Gasteiger partial charge in [0.15, 0.2) is 5.60 Å². The summed E-state index contributed by atoms with van der Waals surface area (Å²) in [7, 11) is 0. The van der Waals surface area contributed by atoms with E-state index in [1.165, 1.54) is 0 Å². The predicted octanol–water partition coefficient (Wildman–Crippen LogP) is 2.40. The summed E-state index contributed by atoms with van der Waals surface area (Å²) in [5.74, 6) is -0.671. The van der Waals surface area contributed by atoms with E-state index in [0.29, 0.717) is 19.3 Å². The molecule has 25 heavy (non-hydrogen) atoms. The molecule has 1 heterocycles. The smallest absolute Gasteiger partial charge is 0.315 e. The summed E-state index contributed by atoms with van der Waals surface area (Å²) in [4.78, 5) is 25.0. The van der Waals surface area contributed by atoms with Gasteiger partial charge >= 0.3 is 11.9 Å². The molecular weight excluding hydrogens is 320 g/mol. The highest BCUT2D eigenvalue weighted by atomic mass is 16.6. The lowest BCUT2D eigenvalue weighted by molar-refractivity contribution is -0.173. The third kappa shape index (κ3) is 2.56. The van der Waals surface area contributed by atoms with Crippen molar-refractivity contribution >= 4 is 11.9 Å². The zero-order chi connectivity index (χ0) is 17.5. The summed E-state index contributed by atoms with van der Waals surface area (Å²) < 4.78 is 11.0. The van der Waals surface area contributed by atoms with E-state index in [1.807, 2.05) is 30.3 Å². The fourth-order valence-corrected chi connectivity index (χ4v) is 4.78. The third-order valence-electron chi connectivity index (χ3n) is 6.30. The van der Waals surface area contributed by atoms with E-state index >= 15 is 0 Å². The van der Waals surface area contributed by atoms with Gasteiger partial charge in [-0.05, 0) is 37.7 Å². The van der Waals surface area contributed by atoms with Gasteiger partial charge in [0.2, 0.25) is 0 Å². The fraction of sp³-hybridized carbons (Fsp3) is 0.600. The Morgan fingerprint density at radius 3 is 2.64 bits per heavy atom. The van der Waals surface area contributed by atoms with Crippen LogP contribution in [-0.2, 0) is 25.5 Å². The van der Waals surface area contributed by atoms with Gasteiger partial charge in [-0.25, -0.2) is 0 Å². The van der Waals surface area contributed by atoms with Crippen molar-refractivity contribution in [1.82, 2.24) is 0 Å². The lowest BCUT2D eigenvalue weighted by Crippen LogP contribution is -2.53. The lowest BCUT2D eigenvalue weighted by atomic mass is 9.71. The molecule has 2 aliphatic carbocycles. The van der Waals surface area contributed by atoms with Crippen LogP contribution in [0.2, 0.25) is 0 Å². The highest BCUT2D eigenvalue weighted by Gasteiger charge is 2.70. The SMILES string of the molecule is O=C(O[C@@H]1CC[C@@]2(Cc3ccccc3)C(=O)OC[C@@]12O)C1CCCC1. The number of fused-ring (bicyclic) bond motifs is 1. The Morgan fingerprint density at radius 2 is 1.92 bits per heavy atom. The minimum absolute atomic E-state index is 0.0641. The molecule has 0 bridgehead atoms. The molecular formula is C20H24O5. The average Bonchev–Trinajstić information content (AvgIpc) is 3.29. The zero-order valence-corrected chi connectivity index (χ0v) is 14.3. The number of carbonyl (C=O) groups is 2. The van der Waals surface area contributed by atoms with Gasteiger partial charge in [0.05, 0.1) is 5.92 Å². The molecule has 1 aliphatic heterocycles. The summed E-state index contributed by atoms with van der Waals surface area (Å²) >= 11 is 0. The first-order chi connectivity index (χ1) is 12.1. The first-order valence-electron chi connectivity index (χ1n) is 9.19. The number of hydrogen-bond donors (Lipinski definition) is 1. The molecule has 0 unspecified atom stereocenters. The van der Waals surface area contributed by atoms with Crippen LogP contribution in [0.25, 0.3) is 0 Å². The molecule has 0 aromatic heterocycles. The summed E-state index contributed by atoms with van der Waals surface area (Å²) in [5, 5.41) is 11.3. The van der Waals surface area contributed by atoms with Crippen molar-refractivity contribution in [3.8, 4) is 0 Å². The number of cyclic esters (lactones) is 1. The van der Waals surface area contributed by atoms with Crippen LogP contribution in [0.5, 0.6) is 0 Å². The van der Waals surface area contributed by atoms with Crippen LogP contribution >= 0.6 is 0 Å². The predicted molar refractivity (Wildman–Crippen MR) is 89.6 cm³/mol. The van der Waals surface area contributed by atoms with Crippen LogP contribution in [0.3, 0.4) is 0 Å². The largest absolute Gasteiger partial charge is 0.462 e. The molecule has 1 aromatic rings. The Morgan fingerprint density at radius 1 is 1.20 bits per heavy atom. The highest BCUT2D eigenvalue weighted by molar-refractivity contribution is 5.83. The summed E-state index contributed by atoms with van der Waals surface area (Å²) in [6, 6.07) is 9.63. The molecule has 3 aliphatic rings. The Balaban J connectivity index is 1.56. The van der Waals surface area contributed by atoms with E-state index in [4.69, 9.17) is 9.47 Å². The van der Waals surface area contributed by atoms with Gasteiger partial charge < -0.3 is 14.6 Å². The van der Waals surface area contributed by atoms with Crippen molar-refractivity contribution in [1.29, 1.82) is 0 Å². The molecule has 0 radical (unpaired) electrons. The maximum absolute atomic E-state index is 12.6. The van der Waals surface area contributed by atoms with Crippen molar-refractivity contribution in [2.45, 2.75) is 56.7 Å². The second kappa shape index (κ2) is 6.13. The fourth-order valence-electron chi connectivity index (χ4n) is 4.78. The highest BCUT2D eigenvalue weighted by Crippen LogP contribution is 2.54. The summed E-state index contributed by atoms with van der Waals surface area (Å²) in [6.45, 7) is -0.0960. The Bertz CT molecular complexity index is 666. The molecule has 0 spiro atoms. The Kier molecular flexibility index (Phi) is 4.07. The number of ether oxygens (including phenoxy) is 2. The molecule has 2 saturated carbocycles. The van der Waals surface area contributed by atoms with E-state index in [2.05, 4.69) is 0 Å². The van der Waals surface area contributed by atoms with Crippen LogP contribution in [0.4, 0.5) is 0 Å². The second-order valence-corrected chi connectivity index (χ2v) is 7.69. The van der Waals surface area contributed by atoms with E-state index in [1.54, 1.807) is 0 Å². The first kappa shape index (κ1) is 16.6. The number of hydrogen-bond acceptors (Lipinski definition) is 5. The summed E-state index contributed by atoms with van der Waals surface area (Å²) in [6.07, 6.45) is 4.51. The van der Waals surface area contributed by atoms with Gasteiger partial charge in [-0.1, -0.05) is 43.2 Å². The van der Waals surface area contributed by atoms with Gasteiger partial charge in [-0.2, -0.15) is 0 Å². The maximum atomic E-state index is 12.6. The van der Waals surface area contributed by atoms with Gasteiger partial charge in [0, 0.05) is 0 Å². The molecule has 0 amide bonds. The normalized spacial score (nSPS) is 34.8. The maximum Gasteiger partial charge on any atom is 0.315 e. The van der Waals surface area contributed by atoms with Crippen LogP contribution in [-0.4, -0.2) is 35.4 Å². The molecule has 3 fully saturated rings. The minimum atomic E-state index is -1.44. The average molecular weight is 344 g/mol. The van der Waals surface area contributed by atoms with E-state index in [-0.39, 0.29) is 24.5 Å². The zero-order valence-electron chi connectivity index (χ0n) is 14.3. The minimum Gasteiger partial charge on any atom is -0.462 e. The number of carbonyl (C=O) groups excluding carboxylic acids is 2. The quantitative estimate of drug-likeness (QED) is 0.849. The van der Waals surface area contributed by atoms with Crippen molar-refractivity contribution < 1.29 is 24.2 Å². The number of rotatable bonds is 4. The molecule has 3 atom stereocenters. The lowest BCUT2D eigenvalue weighted by Gasteiger charge is -2.34. The first-order valence-corrected chi connectivity index (χ1v) is 9.19. The molecule has 134 valence electrons. The molecule has 1 aromatic carbocycles. The molecule has 4 rings (SSSR count). The van der Waals surface area contributed by atoms with Crippen LogP contribution in [0.15, 0.2) is 30.3 Å². The van der Waals surface area contributed by atoms with E-state index in [0.717, 1.165) is 31.2 Å². The van der Waals surface area contributed by atoms with Gasteiger partial charge in [0.1, 0.15) is 18.1 Å². The van der Waals surface area contributed by atoms with Gasteiger partial charge in [-0.3, -0.25) is 9.59 Å². The van der Waals surface area contributed by atoms with Crippen LogP contribution in [0, 0.1) is 11.3 Å². The molecule has 5 heteroatoms. The molecule has 1 saturated heterocycles. The number of aliphatic hydroxyl groups is 1.